The Hall–Kier alpha value is -1.81. The molecule has 20 heavy (non-hydrogen) atoms. The van der Waals surface area contributed by atoms with Gasteiger partial charge < -0.3 is 0 Å². The van der Waals surface area contributed by atoms with E-state index < -0.39 is 0 Å². The number of aromatic nitrogens is 3. The highest BCUT2D eigenvalue weighted by atomic mass is 15.2. The highest BCUT2D eigenvalue weighted by molar-refractivity contribution is 5.22. The van der Waals surface area contributed by atoms with Crippen molar-refractivity contribution in [2.75, 3.05) is 6.54 Å². The standard InChI is InChI=1S/C16H20N4/c1-3-16-18-10-14-6-8-20(11-15(14)19-16)12(2)13-5-4-7-17-9-13/h4-5,7,9-10,12H,3,6,8,11H2,1-2H3. The molecule has 104 valence electrons. The van der Waals surface area contributed by atoms with Crippen LogP contribution in [0.25, 0.3) is 0 Å². The molecule has 0 bridgehead atoms. The van der Waals surface area contributed by atoms with Crippen molar-refractivity contribution in [3.8, 4) is 0 Å². The Morgan fingerprint density at radius 2 is 2.25 bits per heavy atom. The molecule has 0 aliphatic carbocycles. The molecule has 0 saturated carbocycles. The fraction of sp³-hybridized carbons (Fsp3) is 0.438. The quantitative estimate of drug-likeness (QED) is 0.858. The summed E-state index contributed by atoms with van der Waals surface area (Å²) in [5.74, 6) is 0.944. The second kappa shape index (κ2) is 5.67. The van der Waals surface area contributed by atoms with Crippen LogP contribution in [0.2, 0.25) is 0 Å². The molecule has 4 nitrogen and oxygen atoms in total. The molecule has 2 aromatic heterocycles. The normalized spacial score (nSPS) is 16.7. The van der Waals surface area contributed by atoms with Crippen molar-refractivity contribution in [1.29, 1.82) is 0 Å². The molecule has 3 rings (SSSR count). The summed E-state index contributed by atoms with van der Waals surface area (Å²) in [6, 6.07) is 4.52. The van der Waals surface area contributed by atoms with E-state index in [2.05, 4.69) is 39.8 Å². The van der Waals surface area contributed by atoms with Crippen LogP contribution in [0.15, 0.2) is 30.7 Å². The maximum Gasteiger partial charge on any atom is 0.128 e. The molecule has 0 N–H and O–H groups in total. The summed E-state index contributed by atoms with van der Waals surface area (Å²) in [7, 11) is 0. The summed E-state index contributed by atoms with van der Waals surface area (Å²) in [6.07, 6.45) is 7.71. The van der Waals surface area contributed by atoms with E-state index in [4.69, 9.17) is 0 Å². The molecule has 1 unspecified atom stereocenters. The first-order valence-electron chi connectivity index (χ1n) is 7.25. The van der Waals surface area contributed by atoms with E-state index in [1.165, 1.54) is 16.8 Å². The van der Waals surface area contributed by atoms with Crippen molar-refractivity contribution in [2.24, 2.45) is 0 Å². The third-order valence-electron chi connectivity index (χ3n) is 4.06. The van der Waals surface area contributed by atoms with E-state index in [1.54, 1.807) is 0 Å². The minimum Gasteiger partial charge on any atom is -0.290 e. The van der Waals surface area contributed by atoms with E-state index >= 15 is 0 Å². The number of rotatable bonds is 3. The lowest BCUT2D eigenvalue weighted by Gasteiger charge is -2.33. The van der Waals surface area contributed by atoms with Gasteiger partial charge in [-0.3, -0.25) is 9.88 Å². The molecule has 1 aliphatic heterocycles. The molecule has 2 aromatic rings. The monoisotopic (exact) mass is 268 g/mol. The molecule has 1 atom stereocenters. The molecule has 3 heterocycles. The Morgan fingerprint density at radius 3 is 3.00 bits per heavy atom. The Labute approximate surface area is 119 Å². The second-order valence-corrected chi connectivity index (χ2v) is 5.29. The summed E-state index contributed by atoms with van der Waals surface area (Å²) < 4.78 is 0. The number of fused-ring (bicyclic) bond motifs is 1. The fourth-order valence-corrected chi connectivity index (χ4v) is 2.70. The van der Waals surface area contributed by atoms with Gasteiger partial charge in [-0.15, -0.1) is 0 Å². The van der Waals surface area contributed by atoms with Crippen molar-refractivity contribution >= 4 is 0 Å². The van der Waals surface area contributed by atoms with Crippen LogP contribution in [0, 0.1) is 0 Å². The van der Waals surface area contributed by atoms with Crippen molar-refractivity contribution in [3.63, 3.8) is 0 Å². The molecule has 0 amide bonds. The zero-order valence-electron chi connectivity index (χ0n) is 12.1. The predicted molar refractivity (Wildman–Crippen MR) is 78.2 cm³/mol. The third-order valence-corrected chi connectivity index (χ3v) is 4.06. The van der Waals surface area contributed by atoms with Gasteiger partial charge >= 0.3 is 0 Å². The molecule has 1 aliphatic rings. The number of pyridine rings is 1. The Kier molecular flexibility index (Phi) is 3.74. The van der Waals surface area contributed by atoms with E-state index in [-0.39, 0.29) is 0 Å². The van der Waals surface area contributed by atoms with E-state index in [0.29, 0.717) is 6.04 Å². The van der Waals surface area contributed by atoms with Gasteiger partial charge in [-0.25, -0.2) is 9.97 Å². The van der Waals surface area contributed by atoms with Crippen molar-refractivity contribution in [3.05, 3.63) is 53.4 Å². The van der Waals surface area contributed by atoms with Crippen LogP contribution in [0.3, 0.4) is 0 Å². The molecule has 0 aromatic carbocycles. The van der Waals surface area contributed by atoms with Crippen LogP contribution < -0.4 is 0 Å². The largest absolute Gasteiger partial charge is 0.290 e. The summed E-state index contributed by atoms with van der Waals surface area (Å²) in [4.78, 5) is 15.8. The van der Waals surface area contributed by atoms with Crippen LogP contribution >= 0.6 is 0 Å². The number of nitrogens with zero attached hydrogens (tertiary/aromatic N) is 4. The van der Waals surface area contributed by atoms with Crippen molar-refractivity contribution in [2.45, 2.75) is 39.3 Å². The molecular weight excluding hydrogens is 248 g/mol. The predicted octanol–water partition coefficient (Wildman–Crippen LogP) is 2.55. The van der Waals surface area contributed by atoms with Crippen molar-refractivity contribution < 1.29 is 0 Å². The lowest BCUT2D eigenvalue weighted by molar-refractivity contribution is 0.188. The lowest BCUT2D eigenvalue weighted by atomic mass is 10.0. The first kappa shape index (κ1) is 13.2. The second-order valence-electron chi connectivity index (χ2n) is 5.29. The van der Waals surface area contributed by atoms with Gasteiger partial charge in [0.2, 0.25) is 0 Å². The highest BCUT2D eigenvalue weighted by Crippen LogP contribution is 2.25. The Bertz CT molecular complexity index is 582. The van der Waals surface area contributed by atoms with Gasteiger partial charge in [-0.1, -0.05) is 13.0 Å². The van der Waals surface area contributed by atoms with Crippen LogP contribution in [0.4, 0.5) is 0 Å². The topological polar surface area (TPSA) is 41.9 Å². The first-order valence-corrected chi connectivity index (χ1v) is 7.25. The summed E-state index contributed by atoms with van der Waals surface area (Å²) in [5, 5.41) is 0. The molecular formula is C16H20N4. The zero-order valence-corrected chi connectivity index (χ0v) is 12.1. The fourth-order valence-electron chi connectivity index (χ4n) is 2.70. The van der Waals surface area contributed by atoms with Gasteiger partial charge in [0.15, 0.2) is 0 Å². The summed E-state index contributed by atoms with van der Waals surface area (Å²) in [6.45, 7) is 6.29. The molecule has 0 spiro atoms. The third kappa shape index (κ3) is 2.56. The summed E-state index contributed by atoms with van der Waals surface area (Å²) in [5.41, 5.74) is 3.76. The molecule has 0 fully saturated rings. The van der Waals surface area contributed by atoms with Gasteiger partial charge in [0, 0.05) is 44.1 Å². The molecule has 4 heteroatoms. The van der Waals surface area contributed by atoms with Gasteiger partial charge in [0.1, 0.15) is 5.82 Å². The lowest BCUT2D eigenvalue weighted by Crippen LogP contribution is -2.33. The minimum atomic E-state index is 0.372. The SMILES string of the molecule is CCc1ncc2c(n1)CN(C(C)c1cccnc1)CC2. The average molecular weight is 268 g/mol. The zero-order chi connectivity index (χ0) is 13.9. The van der Waals surface area contributed by atoms with E-state index in [1.807, 2.05) is 24.7 Å². The van der Waals surface area contributed by atoms with Crippen LogP contribution in [0.5, 0.6) is 0 Å². The van der Waals surface area contributed by atoms with Gasteiger partial charge in [-0.2, -0.15) is 0 Å². The van der Waals surface area contributed by atoms with Gasteiger partial charge in [-0.05, 0) is 30.5 Å². The molecule has 0 saturated heterocycles. The van der Waals surface area contributed by atoms with Crippen LogP contribution in [-0.4, -0.2) is 26.4 Å². The highest BCUT2D eigenvalue weighted by Gasteiger charge is 2.23. The minimum absolute atomic E-state index is 0.372. The maximum absolute atomic E-state index is 4.69. The van der Waals surface area contributed by atoms with E-state index in [0.717, 1.165) is 31.8 Å². The van der Waals surface area contributed by atoms with Gasteiger partial charge in [0.05, 0.1) is 5.69 Å². The maximum atomic E-state index is 4.69. The van der Waals surface area contributed by atoms with Crippen molar-refractivity contribution in [1.82, 2.24) is 19.9 Å². The molecule has 0 radical (unpaired) electrons. The average Bonchev–Trinajstić information content (AvgIpc) is 2.54. The summed E-state index contributed by atoms with van der Waals surface area (Å²) >= 11 is 0. The Balaban J connectivity index is 1.81. The number of hydrogen-bond donors (Lipinski definition) is 0. The number of hydrogen-bond acceptors (Lipinski definition) is 4. The van der Waals surface area contributed by atoms with Crippen LogP contribution in [-0.2, 0) is 19.4 Å². The smallest absolute Gasteiger partial charge is 0.128 e. The van der Waals surface area contributed by atoms with Crippen LogP contribution in [0.1, 0.15) is 42.5 Å². The first-order chi connectivity index (χ1) is 9.78. The number of aryl methyl sites for hydroxylation is 1. The van der Waals surface area contributed by atoms with Gasteiger partial charge in [0.25, 0.3) is 0 Å². The van der Waals surface area contributed by atoms with E-state index in [9.17, 15) is 0 Å². The Morgan fingerprint density at radius 1 is 1.35 bits per heavy atom.